The van der Waals surface area contributed by atoms with Gasteiger partial charge in [-0.3, -0.25) is 0 Å². The summed E-state index contributed by atoms with van der Waals surface area (Å²) in [6.45, 7) is 4.51. The monoisotopic (exact) mass is 294 g/mol. The summed E-state index contributed by atoms with van der Waals surface area (Å²) in [6.07, 6.45) is 1.58. The van der Waals surface area contributed by atoms with Gasteiger partial charge in [0.25, 0.3) is 0 Å². The zero-order chi connectivity index (χ0) is 15.6. The summed E-state index contributed by atoms with van der Waals surface area (Å²) in [4.78, 5) is 0. The molecule has 2 aromatic carbocycles. The Kier molecular flexibility index (Phi) is 6.54. The molecule has 0 amide bonds. The summed E-state index contributed by atoms with van der Waals surface area (Å²) in [7, 11) is 0. The van der Waals surface area contributed by atoms with Gasteiger partial charge in [0.1, 0.15) is 5.75 Å². The van der Waals surface area contributed by atoms with Crippen molar-refractivity contribution in [3.8, 4) is 17.6 Å². The summed E-state index contributed by atoms with van der Waals surface area (Å²) >= 11 is 0. The molecule has 1 atom stereocenters. The van der Waals surface area contributed by atoms with Crippen molar-refractivity contribution in [2.45, 2.75) is 33.0 Å². The fraction of sp³-hybridized carbons (Fsp3) is 0.300. The molecule has 0 heterocycles. The van der Waals surface area contributed by atoms with E-state index in [2.05, 4.69) is 24.0 Å². The van der Waals surface area contributed by atoms with Crippen LogP contribution in [0.1, 0.15) is 31.4 Å². The maximum absolute atomic E-state index is 5.64. The molecule has 0 fully saturated rings. The van der Waals surface area contributed by atoms with Gasteiger partial charge in [0.2, 0.25) is 0 Å². The van der Waals surface area contributed by atoms with Crippen LogP contribution in [0.3, 0.4) is 0 Å². The molecule has 0 aromatic heterocycles. The highest BCUT2D eigenvalue weighted by Crippen LogP contribution is 2.15. The molecule has 2 nitrogen and oxygen atoms in total. The highest BCUT2D eigenvalue weighted by atomic mass is 16.7. The number of rotatable bonds is 6. The summed E-state index contributed by atoms with van der Waals surface area (Å²) in [5.74, 6) is 7.22. The van der Waals surface area contributed by atoms with Gasteiger partial charge >= 0.3 is 0 Å². The highest BCUT2D eigenvalue weighted by Gasteiger charge is 2.02. The topological polar surface area (TPSA) is 18.5 Å². The lowest BCUT2D eigenvalue weighted by atomic mass is 10.1. The summed E-state index contributed by atoms with van der Waals surface area (Å²) in [6, 6.07) is 18.2. The lowest BCUT2D eigenvalue weighted by Gasteiger charge is -2.14. The summed E-state index contributed by atoms with van der Waals surface area (Å²) < 4.78 is 11.0. The molecule has 0 radical (unpaired) electrons. The van der Waals surface area contributed by atoms with E-state index in [-0.39, 0.29) is 6.29 Å². The van der Waals surface area contributed by atoms with E-state index in [4.69, 9.17) is 9.47 Å². The van der Waals surface area contributed by atoms with Gasteiger partial charge in [-0.05, 0) is 50.1 Å². The quantitative estimate of drug-likeness (QED) is 0.579. The molecular formula is C20H22O2. The summed E-state index contributed by atoms with van der Waals surface area (Å²) in [5, 5.41) is 0. The van der Waals surface area contributed by atoms with Crippen molar-refractivity contribution >= 4 is 0 Å². The lowest BCUT2D eigenvalue weighted by Crippen LogP contribution is -2.15. The molecule has 0 bridgehead atoms. The van der Waals surface area contributed by atoms with E-state index in [1.807, 2.05) is 56.3 Å². The van der Waals surface area contributed by atoms with Crippen LogP contribution in [0.5, 0.6) is 5.75 Å². The van der Waals surface area contributed by atoms with Gasteiger partial charge in [0, 0.05) is 18.6 Å². The Morgan fingerprint density at radius 1 is 1.00 bits per heavy atom. The van der Waals surface area contributed by atoms with Crippen molar-refractivity contribution in [2.24, 2.45) is 0 Å². The molecule has 0 saturated carbocycles. The second kappa shape index (κ2) is 8.92. The molecule has 22 heavy (non-hydrogen) atoms. The van der Waals surface area contributed by atoms with E-state index < -0.39 is 0 Å². The second-order valence-electron chi connectivity index (χ2n) is 4.95. The van der Waals surface area contributed by atoms with Crippen LogP contribution in [0.2, 0.25) is 0 Å². The second-order valence-corrected chi connectivity index (χ2v) is 4.95. The Bertz CT molecular complexity index is 606. The van der Waals surface area contributed by atoms with Gasteiger partial charge in [-0.25, -0.2) is 0 Å². The number of aryl methyl sites for hydroxylation is 1. The van der Waals surface area contributed by atoms with Crippen LogP contribution in [-0.2, 0) is 11.2 Å². The lowest BCUT2D eigenvalue weighted by molar-refractivity contribution is -0.0613. The van der Waals surface area contributed by atoms with Gasteiger partial charge in [-0.1, -0.05) is 42.2 Å². The zero-order valence-electron chi connectivity index (χ0n) is 13.2. The van der Waals surface area contributed by atoms with E-state index in [0.29, 0.717) is 6.61 Å². The van der Waals surface area contributed by atoms with Crippen LogP contribution in [-0.4, -0.2) is 12.9 Å². The van der Waals surface area contributed by atoms with Gasteiger partial charge in [0.15, 0.2) is 6.29 Å². The Morgan fingerprint density at radius 2 is 1.73 bits per heavy atom. The van der Waals surface area contributed by atoms with Crippen LogP contribution in [0.4, 0.5) is 0 Å². The maximum atomic E-state index is 5.64. The number of ether oxygens (including phenoxy) is 2. The smallest absolute Gasteiger partial charge is 0.196 e. The average molecular weight is 294 g/mol. The molecule has 1 unspecified atom stereocenters. The third-order valence-corrected chi connectivity index (χ3v) is 3.17. The molecule has 114 valence electrons. The molecule has 0 aliphatic rings. The van der Waals surface area contributed by atoms with Crippen molar-refractivity contribution in [1.29, 1.82) is 0 Å². The van der Waals surface area contributed by atoms with Crippen LogP contribution in [0, 0.1) is 11.8 Å². The molecule has 0 spiro atoms. The molecule has 0 N–H and O–H groups in total. The molecular weight excluding hydrogens is 272 g/mol. The number of hydrogen-bond acceptors (Lipinski definition) is 2. The normalized spacial score (nSPS) is 11.4. The van der Waals surface area contributed by atoms with Gasteiger partial charge in [-0.2, -0.15) is 0 Å². The van der Waals surface area contributed by atoms with Crippen molar-refractivity contribution in [3.05, 3.63) is 65.7 Å². The number of hydrogen-bond donors (Lipinski definition) is 0. The minimum absolute atomic E-state index is 0.215. The fourth-order valence-electron chi connectivity index (χ4n) is 2.09. The van der Waals surface area contributed by atoms with E-state index in [0.717, 1.165) is 24.2 Å². The van der Waals surface area contributed by atoms with Crippen LogP contribution < -0.4 is 4.74 Å². The Labute approximate surface area is 133 Å². The first kappa shape index (κ1) is 16.1. The van der Waals surface area contributed by atoms with Crippen LogP contribution >= 0.6 is 0 Å². The predicted molar refractivity (Wildman–Crippen MR) is 89.8 cm³/mol. The van der Waals surface area contributed by atoms with Crippen LogP contribution in [0.25, 0.3) is 0 Å². The largest absolute Gasteiger partial charge is 0.465 e. The fourth-order valence-corrected chi connectivity index (χ4v) is 2.09. The predicted octanol–water partition coefficient (Wildman–Crippen LogP) is 4.43. The average Bonchev–Trinajstić information content (AvgIpc) is 2.54. The number of benzene rings is 2. The molecule has 0 saturated heterocycles. The molecule has 0 aliphatic heterocycles. The van der Waals surface area contributed by atoms with Gasteiger partial charge in [-0.15, -0.1) is 0 Å². The zero-order valence-corrected chi connectivity index (χ0v) is 13.2. The van der Waals surface area contributed by atoms with Crippen molar-refractivity contribution < 1.29 is 9.47 Å². The Balaban J connectivity index is 1.81. The molecule has 2 aromatic rings. The summed E-state index contributed by atoms with van der Waals surface area (Å²) in [5.41, 5.74) is 2.33. The molecule has 2 heteroatoms. The molecule has 0 aliphatic carbocycles. The minimum Gasteiger partial charge on any atom is -0.465 e. The van der Waals surface area contributed by atoms with Crippen molar-refractivity contribution in [1.82, 2.24) is 0 Å². The first-order chi connectivity index (χ1) is 10.8. The first-order valence-electron chi connectivity index (χ1n) is 7.69. The van der Waals surface area contributed by atoms with Crippen molar-refractivity contribution in [2.75, 3.05) is 6.61 Å². The standard InChI is InChI=1S/C20H22O2/c1-3-21-17(2)22-20-15-13-19(14-16-20)12-8-7-11-18-9-5-4-6-10-18/h4-6,9-10,13-17H,3,8,12H2,1-2H3. The minimum atomic E-state index is -0.215. The Hall–Kier alpha value is -2.24. The van der Waals surface area contributed by atoms with Gasteiger partial charge < -0.3 is 9.47 Å². The van der Waals surface area contributed by atoms with Crippen LogP contribution in [0.15, 0.2) is 54.6 Å². The third kappa shape index (κ3) is 5.63. The van der Waals surface area contributed by atoms with Gasteiger partial charge in [0.05, 0.1) is 0 Å². The SMILES string of the molecule is CCOC(C)Oc1ccc(CCC#Cc2ccccc2)cc1. The first-order valence-corrected chi connectivity index (χ1v) is 7.69. The third-order valence-electron chi connectivity index (χ3n) is 3.17. The van der Waals surface area contributed by atoms with E-state index in [9.17, 15) is 0 Å². The van der Waals surface area contributed by atoms with E-state index in [1.165, 1.54) is 5.56 Å². The Morgan fingerprint density at radius 3 is 2.41 bits per heavy atom. The van der Waals surface area contributed by atoms with Crippen molar-refractivity contribution in [3.63, 3.8) is 0 Å². The molecule has 2 rings (SSSR count). The maximum Gasteiger partial charge on any atom is 0.196 e. The van der Waals surface area contributed by atoms with E-state index >= 15 is 0 Å². The highest BCUT2D eigenvalue weighted by molar-refractivity contribution is 5.34. The van der Waals surface area contributed by atoms with E-state index in [1.54, 1.807) is 0 Å².